The molecule has 1 rings (SSSR count). The van der Waals surface area contributed by atoms with Gasteiger partial charge in [0.2, 0.25) is 0 Å². The molecule has 0 aliphatic rings. The van der Waals surface area contributed by atoms with Gasteiger partial charge in [0.1, 0.15) is 0 Å². The topological polar surface area (TPSA) is 12.9 Å². The van der Waals surface area contributed by atoms with Crippen LogP contribution in [0.2, 0.25) is 118 Å². The highest BCUT2D eigenvalue weighted by molar-refractivity contribution is 7.65. The van der Waals surface area contributed by atoms with E-state index in [1.807, 2.05) is 9.08 Å². The van der Waals surface area contributed by atoms with Gasteiger partial charge >= 0.3 is 0 Å². The molecule has 206 valence electrons. The molecule has 1 nitrogen and oxygen atoms in total. The normalized spacial score (nSPS) is 16.3. The molecule has 0 bridgehead atoms. The molecule has 9 heteroatoms. The predicted octanol–water partition coefficient (Wildman–Crippen LogP) is 10.7. The SMILES string of the molecule is C[Si](C)(C)C(=P[C@H](c1cccc([C@H](P=C([Si](C)(C)C)[Si](C)(C)C)[Si](C)(C)C)n1)[Si](C)(C)C)[Si](C)(C)C. The number of aromatic nitrogens is 1. The summed E-state index contributed by atoms with van der Waals surface area (Å²) in [5, 5.41) is 1.17. The van der Waals surface area contributed by atoms with Crippen molar-refractivity contribution < 1.29 is 0 Å². The summed E-state index contributed by atoms with van der Waals surface area (Å²) in [4.78, 5) is 5.63. The number of hydrogen-bond donors (Lipinski definition) is 0. The van der Waals surface area contributed by atoms with Gasteiger partial charge in [-0.1, -0.05) is 133 Å². The Morgan fingerprint density at radius 2 is 0.750 bits per heavy atom. The molecule has 0 aliphatic heterocycles. The summed E-state index contributed by atoms with van der Waals surface area (Å²) in [6.07, 6.45) is 0. The van der Waals surface area contributed by atoms with Crippen molar-refractivity contribution in [2.45, 2.75) is 128 Å². The van der Waals surface area contributed by atoms with Crippen molar-refractivity contribution in [3.8, 4) is 0 Å². The minimum atomic E-state index is -1.48. The predicted molar refractivity (Wildman–Crippen MR) is 194 cm³/mol. The number of pyridine rings is 1. The van der Waals surface area contributed by atoms with Gasteiger partial charge in [0.05, 0.1) is 48.4 Å². The van der Waals surface area contributed by atoms with Crippen LogP contribution in [0.5, 0.6) is 0 Å². The van der Waals surface area contributed by atoms with Gasteiger partial charge in [0.25, 0.3) is 0 Å². The largest absolute Gasteiger partial charge is 0.257 e. The molecular formula is C27H59NP2Si6. The molecule has 0 unspecified atom stereocenters. The molecule has 2 atom stereocenters. The van der Waals surface area contributed by atoms with Crippen molar-refractivity contribution in [3.63, 3.8) is 0 Å². The fraction of sp³-hybridized carbons (Fsp3) is 0.741. The van der Waals surface area contributed by atoms with Crippen LogP contribution in [0, 0.1) is 0 Å². The summed E-state index contributed by atoms with van der Waals surface area (Å²) < 4.78 is 3.87. The molecule has 0 saturated carbocycles. The summed E-state index contributed by atoms with van der Waals surface area (Å²) in [6.45, 7) is 46.3. The van der Waals surface area contributed by atoms with E-state index in [1.165, 1.54) is 11.4 Å². The molecule has 0 fully saturated rings. The van der Waals surface area contributed by atoms with Crippen molar-refractivity contribution >= 4 is 73.9 Å². The minimum absolute atomic E-state index is 0.585. The zero-order chi connectivity index (χ0) is 28.7. The minimum Gasteiger partial charge on any atom is -0.257 e. The van der Waals surface area contributed by atoms with Crippen LogP contribution >= 0.6 is 16.4 Å². The average Bonchev–Trinajstić information content (AvgIpc) is 2.55. The van der Waals surface area contributed by atoms with Crippen LogP contribution in [0.3, 0.4) is 0 Å². The molecule has 1 heterocycles. The summed E-state index contributed by atoms with van der Waals surface area (Å²) in [5.74, 6) is 0. The first-order chi connectivity index (χ1) is 15.7. The first-order valence-electron chi connectivity index (χ1n) is 13.8. The van der Waals surface area contributed by atoms with Crippen molar-refractivity contribution in [2.24, 2.45) is 0 Å². The van der Waals surface area contributed by atoms with E-state index < -0.39 is 48.4 Å². The van der Waals surface area contributed by atoms with E-state index >= 15 is 0 Å². The van der Waals surface area contributed by atoms with E-state index in [0.29, 0.717) is 10.6 Å². The van der Waals surface area contributed by atoms with E-state index in [0.717, 1.165) is 0 Å². The Hall–Kier alpha value is 0.791. The maximum atomic E-state index is 5.63. The quantitative estimate of drug-likeness (QED) is 0.186. The van der Waals surface area contributed by atoms with Crippen LogP contribution in [0.15, 0.2) is 18.2 Å². The summed E-state index contributed by atoms with van der Waals surface area (Å²) >= 11 is 0. The highest BCUT2D eigenvalue weighted by Crippen LogP contribution is 2.43. The second-order valence-electron chi connectivity index (χ2n) is 17.0. The third-order valence-corrected chi connectivity index (χ3v) is 41.5. The lowest BCUT2D eigenvalue weighted by Gasteiger charge is -2.36. The molecule has 36 heavy (non-hydrogen) atoms. The van der Waals surface area contributed by atoms with Gasteiger partial charge in [0, 0.05) is 22.0 Å². The second-order valence-corrected chi connectivity index (χ2v) is 53.7. The lowest BCUT2D eigenvalue weighted by molar-refractivity contribution is 1.03. The van der Waals surface area contributed by atoms with E-state index in [1.54, 1.807) is 16.4 Å². The van der Waals surface area contributed by atoms with Gasteiger partial charge < -0.3 is 0 Å². The second kappa shape index (κ2) is 11.7. The Bertz CT molecular complexity index is 855. The zero-order valence-corrected chi connectivity index (χ0v) is 35.0. The van der Waals surface area contributed by atoms with E-state index in [2.05, 4.69) is 136 Å². The van der Waals surface area contributed by atoms with Crippen LogP contribution in [0.4, 0.5) is 0 Å². The van der Waals surface area contributed by atoms with Crippen LogP contribution in [-0.4, -0.2) is 62.5 Å². The summed E-state index contributed by atoms with van der Waals surface area (Å²) in [7, 11) is -5.14. The highest BCUT2D eigenvalue weighted by Gasteiger charge is 2.38. The third-order valence-electron chi connectivity index (χ3n) is 6.35. The van der Waals surface area contributed by atoms with E-state index in [9.17, 15) is 0 Å². The lowest BCUT2D eigenvalue weighted by atomic mass is 10.3. The Balaban J connectivity index is 3.90. The Morgan fingerprint density at radius 1 is 0.500 bits per heavy atom. The molecule has 0 aliphatic carbocycles. The maximum Gasteiger partial charge on any atom is 0.0731 e. The van der Waals surface area contributed by atoms with Gasteiger partial charge in [-0.3, -0.25) is 4.98 Å². The number of hydrogen-bond acceptors (Lipinski definition) is 1. The molecule has 0 aromatic carbocycles. The molecular weight excluding hydrogens is 569 g/mol. The van der Waals surface area contributed by atoms with Gasteiger partial charge in [-0.15, -0.1) is 16.4 Å². The first kappa shape index (κ1) is 34.8. The van der Waals surface area contributed by atoms with Crippen molar-refractivity contribution in [3.05, 3.63) is 29.6 Å². The molecule has 0 saturated heterocycles. The molecule has 1 aromatic heterocycles. The monoisotopic (exact) mass is 627 g/mol. The van der Waals surface area contributed by atoms with Crippen molar-refractivity contribution in [2.75, 3.05) is 0 Å². The summed E-state index contributed by atoms with van der Waals surface area (Å²) in [6, 6.07) is 7.12. The van der Waals surface area contributed by atoms with Gasteiger partial charge in [-0.2, -0.15) is 0 Å². The van der Waals surface area contributed by atoms with Crippen molar-refractivity contribution in [1.29, 1.82) is 0 Å². The molecule has 0 spiro atoms. The zero-order valence-electron chi connectivity index (χ0n) is 27.2. The Labute approximate surface area is 235 Å². The van der Waals surface area contributed by atoms with Crippen LogP contribution in [0.25, 0.3) is 0 Å². The van der Waals surface area contributed by atoms with Gasteiger partial charge in [0.15, 0.2) is 0 Å². The summed E-state index contributed by atoms with van der Waals surface area (Å²) in [5.41, 5.74) is 2.78. The first-order valence-corrected chi connectivity index (χ1v) is 36.9. The van der Waals surface area contributed by atoms with Gasteiger partial charge in [-0.25, -0.2) is 0 Å². The van der Waals surface area contributed by atoms with E-state index in [4.69, 9.17) is 4.98 Å². The fourth-order valence-corrected chi connectivity index (χ4v) is 39.8. The molecule has 0 N–H and O–H groups in total. The van der Waals surface area contributed by atoms with Crippen molar-refractivity contribution in [1.82, 2.24) is 4.98 Å². The number of rotatable bonds is 10. The highest BCUT2D eigenvalue weighted by atomic mass is 31.1. The fourth-order valence-electron chi connectivity index (χ4n) is 5.46. The smallest absolute Gasteiger partial charge is 0.0731 e. The third kappa shape index (κ3) is 10.1. The maximum absolute atomic E-state index is 5.63. The Kier molecular flexibility index (Phi) is 11.3. The molecule has 0 radical (unpaired) electrons. The number of nitrogens with zero attached hydrogens (tertiary/aromatic N) is 1. The van der Waals surface area contributed by atoms with E-state index in [-0.39, 0.29) is 0 Å². The van der Waals surface area contributed by atoms with Crippen LogP contribution in [0.1, 0.15) is 22.0 Å². The van der Waals surface area contributed by atoms with Crippen LogP contribution in [-0.2, 0) is 0 Å². The standard InChI is InChI=1S/C27H59NP2Si6/c1-31(2,3)24(29-26(33(7,8)9)34(10,11)12)22-20-19-21-23(28-22)25(32(4,5)6)30-27(35(13,14)15)36(16,17)18/h19-21,24-25H,1-18H3/t24-,25+. The molecule has 0 amide bonds. The Morgan fingerprint density at radius 3 is 0.944 bits per heavy atom. The lowest BCUT2D eigenvalue weighted by Crippen LogP contribution is -2.49. The molecule has 1 aromatic rings. The van der Waals surface area contributed by atoms with Gasteiger partial charge in [-0.05, 0) is 12.1 Å². The van der Waals surface area contributed by atoms with Crippen LogP contribution < -0.4 is 0 Å². The average molecular weight is 628 g/mol.